The van der Waals surface area contributed by atoms with Crippen molar-refractivity contribution in [1.29, 1.82) is 0 Å². The lowest BCUT2D eigenvalue weighted by Crippen LogP contribution is -2.33. The van der Waals surface area contributed by atoms with Gasteiger partial charge in [0.15, 0.2) is 0 Å². The lowest BCUT2D eigenvalue weighted by atomic mass is 9.92. The largest absolute Gasteiger partial charge is 0.386 e. The average Bonchev–Trinajstić information content (AvgIpc) is 3.11. The monoisotopic (exact) mass is 381 g/mol. The highest BCUT2D eigenvalue weighted by Gasteiger charge is 2.24. The second kappa shape index (κ2) is 6.79. The molecule has 0 spiro atoms. The van der Waals surface area contributed by atoms with Gasteiger partial charge in [0.25, 0.3) is 0 Å². The number of hydrogen-bond acceptors (Lipinski definition) is 6. The molecule has 3 rings (SSSR count). The third-order valence-electron chi connectivity index (χ3n) is 4.49. The van der Waals surface area contributed by atoms with E-state index in [2.05, 4.69) is 47.0 Å². The molecule has 0 aliphatic carbocycles. The van der Waals surface area contributed by atoms with E-state index in [0.29, 0.717) is 18.8 Å². The second-order valence-corrected chi connectivity index (χ2v) is 10.3. The molecule has 3 heterocycles. The predicted octanol–water partition coefficient (Wildman–Crippen LogP) is 0.997. The molecule has 0 radical (unpaired) electrons. The fourth-order valence-electron chi connectivity index (χ4n) is 3.08. The molecule has 1 atom stereocenters. The van der Waals surface area contributed by atoms with E-state index in [0.717, 1.165) is 36.4 Å². The van der Waals surface area contributed by atoms with Crippen molar-refractivity contribution < 1.29 is 13.5 Å². The maximum Gasteiger partial charge on any atom is 0.150 e. The van der Waals surface area contributed by atoms with Crippen LogP contribution in [0.25, 0.3) is 0 Å². The number of fused-ring (bicyclic) bond motifs is 1. The molecule has 0 saturated carbocycles. The quantitative estimate of drug-likeness (QED) is 0.801. The van der Waals surface area contributed by atoms with Gasteiger partial charge < -0.3 is 5.11 Å². The summed E-state index contributed by atoms with van der Waals surface area (Å²) in [5.41, 5.74) is 3.53. The first-order valence-electron chi connectivity index (χ1n) is 8.71. The summed E-state index contributed by atoms with van der Waals surface area (Å²) in [6, 6.07) is 3.91. The smallest absolute Gasteiger partial charge is 0.150 e. The molecule has 1 aliphatic rings. The van der Waals surface area contributed by atoms with Crippen LogP contribution in [0.5, 0.6) is 0 Å². The highest BCUT2D eigenvalue weighted by Crippen LogP contribution is 2.23. The van der Waals surface area contributed by atoms with Gasteiger partial charge in [0.2, 0.25) is 0 Å². The van der Waals surface area contributed by atoms with Gasteiger partial charge in [0.1, 0.15) is 15.9 Å². The zero-order valence-corrected chi connectivity index (χ0v) is 16.5. The third-order valence-corrected chi connectivity index (χ3v) is 5.41. The summed E-state index contributed by atoms with van der Waals surface area (Å²) < 4.78 is 24.6. The molecule has 0 bridgehead atoms. The minimum atomic E-state index is -3.25. The molecular weight excluding hydrogens is 354 g/mol. The van der Waals surface area contributed by atoms with Crippen LogP contribution >= 0.6 is 0 Å². The lowest BCUT2D eigenvalue weighted by molar-refractivity contribution is 0.190. The lowest BCUT2D eigenvalue weighted by Gasteiger charge is -2.26. The average molecular weight is 382 g/mol. The van der Waals surface area contributed by atoms with Crippen LogP contribution in [0.3, 0.4) is 0 Å². The van der Waals surface area contributed by atoms with E-state index >= 15 is 0 Å². The number of nitrogens with zero attached hydrogens (tertiary/aromatic N) is 4. The zero-order chi connectivity index (χ0) is 19.1. The molecule has 0 aromatic carbocycles. The van der Waals surface area contributed by atoms with Crippen molar-refractivity contribution in [3.8, 4) is 0 Å². The standard InChI is InChI=1S/C17H27N5O3S/c1-17(2,3)16-7-12(18-19-16)9-21-5-6-22-13(10-21)8-14(20-22)15(23)11-26(4,24)25/h7-8,15,23H,5-6,9-11H2,1-4H3,(H,18,19)/t15-/m0/s1. The van der Waals surface area contributed by atoms with Crippen molar-refractivity contribution in [3.05, 3.63) is 34.9 Å². The van der Waals surface area contributed by atoms with Crippen LogP contribution < -0.4 is 0 Å². The van der Waals surface area contributed by atoms with Gasteiger partial charge in [0, 0.05) is 37.0 Å². The highest BCUT2D eigenvalue weighted by atomic mass is 32.2. The van der Waals surface area contributed by atoms with Crippen LogP contribution in [0.4, 0.5) is 0 Å². The molecule has 2 aromatic rings. The van der Waals surface area contributed by atoms with Crippen molar-refractivity contribution in [2.45, 2.75) is 51.9 Å². The Kier molecular flexibility index (Phi) is 4.98. The molecule has 0 amide bonds. The maximum atomic E-state index is 11.4. The van der Waals surface area contributed by atoms with Gasteiger partial charge in [-0.25, -0.2) is 8.42 Å². The summed E-state index contributed by atoms with van der Waals surface area (Å²) in [6.07, 6.45) is 0.0305. The van der Waals surface area contributed by atoms with E-state index < -0.39 is 15.9 Å². The Hall–Kier alpha value is -1.71. The van der Waals surface area contributed by atoms with Gasteiger partial charge in [-0.3, -0.25) is 14.7 Å². The van der Waals surface area contributed by atoms with E-state index in [1.165, 1.54) is 0 Å². The Balaban J connectivity index is 1.67. The number of aromatic nitrogens is 4. The Bertz CT molecular complexity index is 879. The number of aliphatic hydroxyl groups excluding tert-OH is 1. The Morgan fingerprint density at radius 3 is 2.65 bits per heavy atom. The van der Waals surface area contributed by atoms with Crippen molar-refractivity contribution in [1.82, 2.24) is 24.9 Å². The van der Waals surface area contributed by atoms with Crippen LogP contribution in [-0.2, 0) is 34.9 Å². The topological polar surface area (TPSA) is 104 Å². The van der Waals surface area contributed by atoms with Crippen molar-refractivity contribution in [2.24, 2.45) is 0 Å². The maximum absolute atomic E-state index is 11.4. The number of hydrogen-bond donors (Lipinski definition) is 2. The normalized spacial score (nSPS) is 17.3. The molecular formula is C17H27N5O3S. The molecule has 0 saturated heterocycles. The van der Waals surface area contributed by atoms with Gasteiger partial charge in [-0.15, -0.1) is 0 Å². The number of rotatable bonds is 5. The third kappa shape index (κ3) is 4.52. The Morgan fingerprint density at radius 1 is 1.31 bits per heavy atom. The fourth-order valence-corrected chi connectivity index (χ4v) is 3.82. The molecule has 144 valence electrons. The fraction of sp³-hybridized carbons (Fsp3) is 0.647. The first-order chi connectivity index (χ1) is 12.0. The van der Waals surface area contributed by atoms with E-state index in [9.17, 15) is 13.5 Å². The second-order valence-electron chi connectivity index (χ2n) is 8.13. The van der Waals surface area contributed by atoms with Crippen molar-refractivity contribution in [2.75, 3.05) is 18.6 Å². The van der Waals surface area contributed by atoms with E-state index in [-0.39, 0.29) is 11.2 Å². The number of nitrogens with one attached hydrogen (secondary N) is 1. The Morgan fingerprint density at radius 2 is 2.04 bits per heavy atom. The molecule has 26 heavy (non-hydrogen) atoms. The molecule has 8 nitrogen and oxygen atoms in total. The van der Waals surface area contributed by atoms with Gasteiger partial charge in [0.05, 0.1) is 29.4 Å². The van der Waals surface area contributed by atoms with Gasteiger partial charge in [-0.05, 0) is 12.1 Å². The minimum absolute atomic E-state index is 0.0138. The molecule has 1 aliphatic heterocycles. The SMILES string of the molecule is CC(C)(C)c1cc(CN2CCn3nc([C@@H](O)CS(C)(=O)=O)cc3C2)[nH]n1. The summed E-state index contributed by atoms with van der Waals surface area (Å²) in [6.45, 7) is 9.40. The summed E-state index contributed by atoms with van der Waals surface area (Å²) >= 11 is 0. The van der Waals surface area contributed by atoms with E-state index in [1.54, 1.807) is 6.07 Å². The molecule has 2 N–H and O–H groups in total. The molecule has 2 aromatic heterocycles. The Labute approximate surface area is 154 Å². The van der Waals surface area contributed by atoms with Crippen LogP contribution in [0, 0.1) is 0 Å². The first kappa shape index (κ1) is 19.1. The molecule has 9 heteroatoms. The highest BCUT2D eigenvalue weighted by molar-refractivity contribution is 7.90. The van der Waals surface area contributed by atoms with Crippen molar-refractivity contribution >= 4 is 9.84 Å². The van der Waals surface area contributed by atoms with Crippen molar-refractivity contribution in [3.63, 3.8) is 0 Å². The number of sulfone groups is 1. The summed E-state index contributed by atoms with van der Waals surface area (Å²) in [5.74, 6) is -0.309. The van der Waals surface area contributed by atoms with Crippen LogP contribution in [0.15, 0.2) is 12.1 Å². The van der Waals surface area contributed by atoms with Gasteiger partial charge in [-0.1, -0.05) is 20.8 Å². The van der Waals surface area contributed by atoms with E-state index in [4.69, 9.17) is 0 Å². The summed E-state index contributed by atoms with van der Waals surface area (Å²) in [7, 11) is -3.25. The number of aliphatic hydroxyl groups is 1. The van der Waals surface area contributed by atoms with E-state index in [1.807, 2.05) is 4.68 Å². The van der Waals surface area contributed by atoms with Gasteiger partial charge >= 0.3 is 0 Å². The number of aromatic amines is 1. The predicted molar refractivity (Wildman–Crippen MR) is 98.3 cm³/mol. The first-order valence-corrected chi connectivity index (χ1v) is 10.8. The molecule has 0 fully saturated rings. The molecule has 0 unspecified atom stereocenters. The zero-order valence-electron chi connectivity index (χ0n) is 15.7. The van der Waals surface area contributed by atoms with Gasteiger partial charge in [-0.2, -0.15) is 10.2 Å². The summed E-state index contributed by atoms with van der Waals surface area (Å²) in [4.78, 5) is 2.28. The van der Waals surface area contributed by atoms with Crippen LogP contribution in [-0.4, -0.2) is 57.0 Å². The van der Waals surface area contributed by atoms with Crippen LogP contribution in [0.2, 0.25) is 0 Å². The van der Waals surface area contributed by atoms with Crippen LogP contribution in [0.1, 0.15) is 49.7 Å². The number of H-pyrrole nitrogens is 1. The minimum Gasteiger partial charge on any atom is -0.386 e. The summed E-state index contributed by atoms with van der Waals surface area (Å²) in [5, 5.41) is 22.0.